The third kappa shape index (κ3) is 2.58. The van der Waals surface area contributed by atoms with E-state index in [9.17, 15) is 9.59 Å². The van der Waals surface area contributed by atoms with Gasteiger partial charge in [0.15, 0.2) is 0 Å². The SMILES string of the molecule is Cn1c(=O)n(CCNC(=O)C2CCCO2)c2ccccc21. The van der Waals surface area contributed by atoms with Gasteiger partial charge in [0, 0.05) is 26.7 Å². The number of nitrogens with one attached hydrogen (secondary N) is 1. The van der Waals surface area contributed by atoms with E-state index in [1.54, 1.807) is 16.2 Å². The molecule has 1 N–H and O–H groups in total. The monoisotopic (exact) mass is 289 g/mol. The van der Waals surface area contributed by atoms with Crippen LogP contribution in [-0.2, 0) is 23.1 Å². The van der Waals surface area contributed by atoms with Crippen molar-refractivity contribution in [2.24, 2.45) is 7.05 Å². The fourth-order valence-electron chi connectivity index (χ4n) is 2.77. The number of amides is 1. The molecule has 3 rings (SSSR count). The van der Waals surface area contributed by atoms with Crippen molar-refractivity contribution in [1.82, 2.24) is 14.5 Å². The van der Waals surface area contributed by atoms with Gasteiger partial charge >= 0.3 is 5.69 Å². The average molecular weight is 289 g/mol. The second-order valence-corrected chi connectivity index (χ2v) is 5.27. The van der Waals surface area contributed by atoms with Gasteiger partial charge in [-0.2, -0.15) is 0 Å². The summed E-state index contributed by atoms with van der Waals surface area (Å²) in [5, 5.41) is 2.84. The summed E-state index contributed by atoms with van der Waals surface area (Å²) >= 11 is 0. The van der Waals surface area contributed by atoms with Crippen molar-refractivity contribution in [2.45, 2.75) is 25.5 Å². The summed E-state index contributed by atoms with van der Waals surface area (Å²) in [7, 11) is 1.76. The molecule has 112 valence electrons. The van der Waals surface area contributed by atoms with Crippen molar-refractivity contribution in [3.05, 3.63) is 34.7 Å². The highest BCUT2D eigenvalue weighted by atomic mass is 16.5. The van der Waals surface area contributed by atoms with E-state index in [0.29, 0.717) is 19.7 Å². The number of imidazole rings is 1. The first kappa shape index (κ1) is 13.9. The third-order valence-corrected chi connectivity index (χ3v) is 3.91. The molecule has 6 nitrogen and oxygen atoms in total. The van der Waals surface area contributed by atoms with Crippen LogP contribution >= 0.6 is 0 Å². The predicted octanol–water partition coefficient (Wildman–Crippen LogP) is 0.635. The molecule has 0 bridgehead atoms. The summed E-state index contributed by atoms with van der Waals surface area (Å²) in [6.07, 6.45) is 1.38. The molecule has 1 aliphatic rings. The first-order valence-electron chi connectivity index (χ1n) is 7.22. The Morgan fingerprint density at radius 1 is 1.38 bits per heavy atom. The molecule has 0 aliphatic carbocycles. The lowest BCUT2D eigenvalue weighted by Crippen LogP contribution is -2.37. The van der Waals surface area contributed by atoms with Crippen LogP contribution in [0.15, 0.2) is 29.1 Å². The van der Waals surface area contributed by atoms with E-state index < -0.39 is 0 Å². The molecule has 6 heteroatoms. The molecule has 0 spiro atoms. The van der Waals surface area contributed by atoms with Gasteiger partial charge in [0.25, 0.3) is 0 Å². The van der Waals surface area contributed by atoms with Gasteiger partial charge in [0.1, 0.15) is 6.10 Å². The molecule has 1 amide bonds. The van der Waals surface area contributed by atoms with E-state index >= 15 is 0 Å². The van der Waals surface area contributed by atoms with Crippen LogP contribution in [0.1, 0.15) is 12.8 Å². The number of fused-ring (bicyclic) bond motifs is 1. The maximum atomic E-state index is 12.2. The molecular formula is C15H19N3O3. The van der Waals surface area contributed by atoms with Crippen molar-refractivity contribution in [3.63, 3.8) is 0 Å². The van der Waals surface area contributed by atoms with E-state index in [4.69, 9.17) is 4.74 Å². The summed E-state index contributed by atoms with van der Waals surface area (Å²) in [5.41, 5.74) is 1.71. The topological polar surface area (TPSA) is 65.3 Å². The molecule has 1 saturated heterocycles. The van der Waals surface area contributed by atoms with E-state index in [-0.39, 0.29) is 17.7 Å². The van der Waals surface area contributed by atoms with Crippen molar-refractivity contribution in [1.29, 1.82) is 0 Å². The number of rotatable bonds is 4. The molecule has 0 saturated carbocycles. The normalized spacial score (nSPS) is 18.2. The van der Waals surface area contributed by atoms with Gasteiger partial charge in [-0.05, 0) is 25.0 Å². The average Bonchev–Trinajstić information content (AvgIpc) is 3.11. The zero-order valence-corrected chi connectivity index (χ0v) is 12.0. The predicted molar refractivity (Wildman–Crippen MR) is 79.2 cm³/mol. The van der Waals surface area contributed by atoms with Crippen LogP contribution in [0.5, 0.6) is 0 Å². The molecule has 1 fully saturated rings. The van der Waals surface area contributed by atoms with E-state index in [2.05, 4.69) is 5.32 Å². The van der Waals surface area contributed by atoms with Crippen LogP contribution in [0.2, 0.25) is 0 Å². The summed E-state index contributed by atoms with van der Waals surface area (Å²) in [6, 6.07) is 7.64. The van der Waals surface area contributed by atoms with Crippen LogP contribution in [0.4, 0.5) is 0 Å². The number of ether oxygens (including phenoxy) is 1. The maximum absolute atomic E-state index is 12.2. The Hall–Kier alpha value is -2.08. The van der Waals surface area contributed by atoms with Gasteiger partial charge < -0.3 is 10.1 Å². The Kier molecular flexibility index (Phi) is 3.79. The highest BCUT2D eigenvalue weighted by Crippen LogP contribution is 2.12. The first-order chi connectivity index (χ1) is 10.2. The van der Waals surface area contributed by atoms with Crippen LogP contribution in [0.25, 0.3) is 11.0 Å². The molecular weight excluding hydrogens is 270 g/mol. The lowest BCUT2D eigenvalue weighted by molar-refractivity contribution is -0.130. The Labute approximate surface area is 122 Å². The number of hydrogen-bond acceptors (Lipinski definition) is 3. The molecule has 1 aliphatic heterocycles. The van der Waals surface area contributed by atoms with Crippen LogP contribution in [0, 0.1) is 0 Å². The quantitative estimate of drug-likeness (QED) is 0.898. The van der Waals surface area contributed by atoms with Crippen LogP contribution < -0.4 is 11.0 Å². The summed E-state index contributed by atoms with van der Waals surface area (Å²) in [4.78, 5) is 24.1. The second-order valence-electron chi connectivity index (χ2n) is 5.27. The molecule has 21 heavy (non-hydrogen) atoms. The van der Waals surface area contributed by atoms with Gasteiger partial charge in [-0.3, -0.25) is 13.9 Å². The van der Waals surface area contributed by atoms with Crippen molar-refractivity contribution < 1.29 is 9.53 Å². The lowest BCUT2D eigenvalue weighted by atomic mass is 10.2. The first-order valence-corrected chi connectivity index (χ1v) is 7.22. The third-order valence-electron chi connectivity index (χ3n) is 3.91. The van der Waals surface area contributed by atoms with Gasteiger partial charge in [-0.25, -0.2) is 4.79 Å². The second kappa shape index (κ2) is 5.73. The Bertz CT molecular complexity index is 711. The highest BCUT2D eigenvalue weighted by molar-refractivity contribution is 5.81. The van der Waals surface area contributed by atoms with Crippen LogP contribution in [0.3, 0.4) is 0 Å². The number of aromatic nitrogens is 2. The molecule has 0 radical (unpaired) electrons. The number of nitrogens with zero attached hydrogens (tertiary/aromatic N) is 2. The van der Waals surface area contributed by atoms with Crippen molar-refractivity contribution >= 4 is 16.9 Å². The van der Waals surface area contributed by atoms with Crippen molar-refractivity contribution in [3.8, 4) is 0 Å². The Balaban J connectivity index is 1.69. The number of carbonyl (C=O) groups is 1. The summed E-state index contributed by atoms with van der Waals surface area (Å²) < 4.78 is 8.64. The molecule has 1 atom stereocenters. The smallest absolute Gasteiger partial charge is 0.328 e. The van der Waals surface area contributed by atoms with Gasteiger partial charge in [0.2, 0.25) is 5.91 Å². The highest BCUT2D eigenvalue weighted by Gasteiger charge is 2.23. The fraction of sp³-hybridized carbons (Fsp3) is 0.467. The lowest BCUT2D eigenvalue weighted by Gasteiger charge is -2.10. The van der Waals surface area contributed by atoms with E-state index in [1.165, 1.54) is 0 Å². The maximum Gasteiger partial charge on any atom is 0.328 e. The van der Waals surface area contributed by atoms with E-state index in [1.807, 2.05) is 24.3 Å². The van der Waals surface area contributed by atoms with E-state index in [0.717, 1.165) is 23.9 Å². The van der Waals surface area contributed by atoms with Gasteiger partial charge in [-0.1, -0.05) is 12.1 Å². The minimum atomic E-state index is -0.325. The van der Waals surface area contributed by atoms with Crippen molar-refractivity contribution in [2.75, 3.05) is 13.2 Å². The zero-order valence-electron chi connectivity index (χ0n) is 12.0. The molecule has 2 aromatic rings. The number of para-hydroxylation sites is 2. The fourth-order valence-corrected chi connectivity index (χ4v) is 2.77. The minimum Gasteiger partial charge on any atom is -0.368 e. The van der Waals surface area contributed by atoms with Gasteiger partial charge in [-0.15, -0.1) is 0 Å². The molecule has 1 aromatic heterocycles. The molecule has 2 heterocycles. The van der Waals surface area contributed by atoms with Crippen LogP contribution in [-0.4, -0.2) is 34.3 Å². The summed E-state index contributed by atoms with van der Waals surface area (Å²) in [6.45, 7) is 1.53. The number of aryl methyl sites for hydroxylation is 1. The number of carbonyl (C=O) groups excluding carboxylic acids is 1. The standard InChI is InChI=1S/C15H19N3O3/c1-17-11-5-2-3-6-12(11)18(15(17)20)9-8-16-14(19)13-7-4-10-21-13/h2-3,5-6,13H,4,7-10H2,1H3,(H,16,19). The molecule has 1 unspecified atom stereocenters. The summed E-state index contributed by atoms with van der Waals surface area (Å²) in [5.74, 6) is -0.0826. The number of benzene rings is 1. The zero-order chi connectivity index (χ0) is 14.8. The largest absolute Gasteiger partial charge is 0.368 e. The Morgan fingerprint density at radius 3 is 2.86 bits per heavy atom. The Morgan fingerprint density at radius 2 is 2.14 bits per heavy atom. The van der Waals surface area contributed by atoms with Gasteiger partial charge in [0.05, 0.1) is 11.0 Å². The minimum absolute atomic E-state index is 0.0671. The molecule has 1 aromatic carbocycles. The number of hydrogen-bond donors (Lipinski definition) is 1.